The SMILES string of the molecule is CC(=O)OCC(N)(COC(C)=O)COC(C)=O.Cl. The van der Waals surface area contributed by atoms with E-state index in [2.05, 4.69) is 0 Å². The second kappa shape index (κ2) is 8.71. The summed E-state index contributed by atoms with van der Waals surface area (Å²) in [4.78, 5) is 32.0. The molecule has 0 aliphatic heterocycles. The standard InChI is InChI=1S/C10H17NO6.ClH/c1-7(12)15-4-10(11,5-16-8(2)13)6-17-9(3)14;/h4-6,11H2,1-3H3;1H. The summed E-state index contributed by atoms with van der Waals surface area (Å²) in [5.74, 6) is -1.57. The number of hydrogen-bond donors (Lipinski definition) is 1. The molecule has 2 N–H and O–H groups in total. The summed E-state index contributed by atoms with van der Waals surface area (Å²) >= 11 is 0. The summed E-state index contributed by atoms with van der Waals surface area (Å²) in [6.07, 6.45) is 0. The Balaban J connectivity index is 0. The topological polar surface area (TPSA) is 105 Å². The second-order valence-electron chi connectivity index (χ2n) is 3.70. The highest BCUT2D eigenvalue weighted by atomic mass is 35.5. The molecule has 0 aliphatic carbocycles. The molecule has 0 rings (SSSR count). The quantitative estimate of drug-likeness (QED) is 0.531. The summed E-state index contributed by atoms with van der Waals surface area (Å²) in [6.45, 7) is 3.04. The van der Waals surface area contributed by atoms with Gasteiger partial charge in [-0.15, -0.1) is 12.4 Å². The highest BCUT2D eigenvalue weighted by Crippen LogP contribution is 2.05. The minimum atomic E-state index is -1.23. The lowest BCUT2D eigenvalue weighted by atomic mass is 10.1. The molecule has 8 heteroatoms. The third kappa shape index (κ3) is 9.86. The lowest BCUT2D eigenvalue weighted by Crippen LogP contribution is -2.53. The van der Waals surface area contributed by atoms with Crippen molar-refractivity contribution < 1.29 is 28.6 Å². The fraction of sp³-hybridized carbons (Fsp3) is 0.700. The van der Waals surface area contributed by atoms with Crippen molar-refractivity contribution in [2.45, 2.75) is 26.3 Å². The smallest absolute Gasteiger partial charge is 0.302 e. The first kappa shape index (κ1) is 19.0. The van der Waals surface area contributed by atoms with Gasteiger partial charge in [-0.1, -0.05) is 0 Å². The third-order valence-electron chi connectivity index (χ3n) is 1.69. The first-order chi connectivity index (χ1) is 7.75. The molecular formula is C10H18ClNO6. The van der Waals surface area contributed by atoms with E-state index in [1.165, 1.54) is 20.8 Å². The number of rotatable bonds is 6. The van der Waals surface area contributed by atoms with Gasteiger partial charge in [0, 0.05) is 20.8 Å². The number of nitrogens with two attached hydrogens (primary N) is 1. The number of hydrogen-bond acceptors (Lipinski definition) is 7. The van der Waals surface area contributed by atoms with Crippen molar-refractivity contribution in [3.05, 3.63) is 0 Å². The van der Waals surface area contributed by atoms with Gasteiger partial charge in [0.1, 0.15) is 25.4 Å². The maximum absolute atomic E-state index is 10.7. The predicted octanol–water partition coefficient (Wildman–Crippen LogP) is -0.205. The van der Waals surface area contributed by atoms with E-state index in [1.54, 1.807) is 0 Å². The summed E-state index contributed by atoms with van der Waals surface area (Å²) in [5.41, 5.74) is 4.58. The average molecular weight is 284 g/mol. The van der Waals surface area contributed by atoms with Crippen LogP contribution in [-0.2, 0) is 28.6 Å². The Bertz CT molecular complexity index is 261. The van der Waals surface area contributed by atoms with Crippen molar-refractivity contribution >= 4 is 30.3 Å². The zero-order chi connectivity index (χ0) is 13.5. The zero-order valence-corrected chi connectivity index (χ0v) is 11.4. The van der Waals surface area contributed by atoms with Crippen LogP contribution >= 0.6 is 12.4 Å². The van der Waals surface area contributed by atoms with E-state index >= 15 is 0 Å². The molecule has 7 nitrogen and oxygen atoms in total. The first-order valence-corrected chi connectivity index (χ1v) is 4.94. The first-order valence-electron chi connectivity index (χ1n) is 4.94. The molecule has 18 heavy (non-hydrogen) atoms. The van der Waals surface area contributed by atoms with Crippen LogP contribution in [0.1, 0.15) is 20.8 Å². The normalized spacial score (nSPS) is 10.0. The summed E-state index contributed by atoms with van der Waals surface area (Å²) in [7, 11) is 0. The maximum atomic E-state index is 10.7. The maximum Gasteiger partial charge on any atom is 0.302 e. The van der Waals surface area contributed by atoms with Gasteiger partial charge < -0.3 is 19.9 Å². The Morgan fingerprint density at radius 3 is 1.22 bits per heavy atom. The average Bonchev–Trinajstić information content (AvgIpc) is 2.21. The number of carbonyl (C=O) groups excluding carboxylic acids is 3. The van der Waals surface area contributed by atoms with Gasteiger partial charge in [0.2, 0.25) is 0 Å². The molecule has 0 atom stereocenters. The van der Waals surface area contributed by atoms with Gasteiger partial charge in [0.25, 0.3) is 0 Å². The van der Waals surface area contributed by atoms with E-state index in [-0.39, 0.29) is 32.2 Å². The Morgan fingerprint density at radius 2 is 1.06 bits per heavy atom. The molecule has 0 heterocycles. The van der Waals surface area contributed by atoms with E-state index < -0.39 is 23.4 Å². The largest absolute Gasteiger partial charge is 0.464 e. The van der Waals surface area contributed by atoms with Crippen molar-refractivity contribution in [2.75, 3.05) is 19.8 Å². The Hall–Kier alpha value is -1.34. The van der Waals surface area contributed by atoms with E-state index in [9.17, 15) is 14.4 Å². The van der Waals surface area contributed by atoms with Crippen molar-refractivity contribution in [3.63, 3.8) is 0 Å². The Morgan fingerprint density at radius 1 is 0.833 bits per heavy atom. The number of ether oxygens (including phenoxy) is 3. The van der Waals surface area contributed by atoms with Crippen LogP contribution in [0, 0.1) is 0 Å². The van der Waals surface area contributed by atoms with E-state index in [4.69, 9.17) is 19.9 Å². The molecule has 0 aliphatic rings. The van der Waals surface area contributed by atoms with Crippen LogP contribution in [0.3, 0.4) is 0 Å². The van der Waals surface area contributed by atoms with Crippen LogP contribution in [0.2, 0.25) is 0 Å². The summed E-state index contributed by atoms with van der Waals surface area (Å²) < 4.78 is 14.2. The fourth-order valence-electron chi connectivity index (χ4n) is 0.861. The van der Waals surface area contributed by atoms with Crippen molar-refractivity contribution in [3.8, 4) is 0 Å². The highest BCUT2D eigenvalue weighted by Gasteiger charge is 2.30. The molecule has 0 saturated carbocycles. The molecule has 0 spiro atoms. The van der Waals surface area contributed by atoms with Gasteiger partial charge in [-0.05, 0) is 0 Å². The Labute approximate surface area is 111 Å². The molecule has 0 bridgehead atoms. The van der Waals surface area contributed by atoms with Crippen LogP contribution in [0.25, 0.3) is 0 Å². The third-order valence-corrected chi connectivity index (χ3v) is 1.69. The minimum absolute atomic E-state index is 0. The van der Waals surface area contributed by atoms with Gasteiger partial charge in [-0.25, -0.2) is 0 Å². The molecular weight excluding hydrogens is 266 g/mol. The van der Waals surface area contributed by atoms with Crippen molar-refractivity contribution in [1.29, 1.82) is 0 Å². The number of esters is 3. The van der Waals surface area contributed by atoms with E-state index in [0.29, 0.717) is 0 Å². The summed E-state index contributed by atoms with van der Waals surface area (Å²) in [5, 5.41) is 0. The van der Waals surface area contributed by atoms with Gasteiger partial charge >= 0.3 is 17.9 Å². The number of halogens is 1. The van der Waals surface area contributed by atoms with Crippen LogP contribution in [0.5, 0.6) is 0 Å². The van der Waals surface area contributed by atoms with E-state index in [0.717, 1.165) is 0 Å². The molecule has 0 radical (unpaired) electrons. The molecule has 106 valence electrons. The van der Waals surface area contributed by atoms with E-state index in [1.807, 2.05) is 0 Å². The highest BCUT2D eigenvalue weighted by molar-refractivity contribution is 5.85. The van der Waals surface area contributed by atoms with Crippen LogP contribution in [0.15, 0.2) is 0 Å². The Kier molecular flexibility index (Phi) is 9.20. The molecule has 0 aromatic carbocycles. The minimum Gasteiger partial charge on any atom is -0.464 e. The molecule has 0 amide bonds. The molecule has 0 fully saturated rings. The van der Waals surface area contributed by atoms with Crippen molar-refractivity contribution in [2.24, 2.45) is 5.73 Å². The molecule has 0 aromatic rings. The van der Waals surface area contributed by atoms with Crippen LogP contribution in [0.4, 0.5) is 0 Å². The molecule has 0 saturated heterocycles. The predicted molar refractivity (Wildman–Crippen MR) is 64.1 cm³/mol. The monoisotopic (exact) mass is 283 g/mol. The van der Waals surface area contributed by atoms with Gasteiger partial charge in [0.05, 0.1) is 0 Å². The fourth-order valence-corrected chi connectivity index (χ4v) is 0.861. The van der Waals surface area contributed by atoms with Gasteiger partial charge in [-0.3, -0.25) is 14.4 Å². The second-order valence-corrected chi connectivity index (χ2v) is 3.70. The molecule has 0 unspecified atom stereocenters. The van der Waals surface area contributed by atoms with Crippen LogP contribution in [-0.4, -0.2) is 43.3 Å². The summed E-state index contributed by atoms with van der Waals surface area (Å²) in [6, 6.07) is 0. The van der Waals surface area contributed by atoms with Gasteiger partial charge in [0.15, 0.2) is 0 Å². The number of carbonyl (C=O) groups is 3. The zero-order valence-electron chi connectivity index (χ0n) is 10.6. The van der Waals surface area contributed by atoms with Crippen LogP contribution < -0.4 is 5.73 Å². The van der Waals surface area contributed by atoms with Gasteiger partial charge in [-0.2, -0.15) is 0 Å². The molecule has 0 aromatic heterocycles. The lowest BCUT2D eigenvalue weighted by molar-refractivity contribution is -0.152. The van der Waals surface area contributed by atoms with Crippen molar-refractivity contribution in [1.82, 2.24) is 0 Å². The lowest BCUT2D eigenvalue weighted by Gasteiger charge is -2.27.